The van der Waals surface area contributed by atoms with E-state index in [2.05, 4.69) is 30.5 Å². The summed E-state index contributed by atoms with van der Waals surface area (Å²) < 4.78 is 27.8. The Kier molecular flexibility index (Phi) is 7.34. The predicted octanol–water partition coefficient (Wildman–Crippen LogP) is 3.57. The van der Waals surface area contributed by atoms with Gasteiger partial charge >= 0.3 is 0 Å². The van der Waals surface area contributed by atoms with Crippen molar-refractivity contribution in [3.05, 3.63) is 94.8 Å². The molecule has 178 valence electrons. The molecule has 0 aliphatic carbocycles. The third-order valence-electron chi connectivity index (χ3n) is 4.56. The lowest BCUT2D eigenvalue weighted by molar-refractivity contribution is 0.0951. The van der Waals surface area contributed by atoms with Crippen molar-refractivity contribution in [1.82, 2.24) is 20.5 Å². The minimum absolute atomic E-state index is 0.00664. The highest BCUT2D eigenvalue weighted by Crippen LogP contribution is 2.25. The molecule has 0 atom stereocenters. The standard InChI is InChI=1S/C22H17ClN6O4S2/c23-16-9-7-15(8-10-16)19(30)26-21-27-28-22(34-21)35(32,33)29-18-6-2-1-5-17(18)20(31)25-13-14-4-3-11-24-12-14/h1-12,29H,13H2,(H,25,31)(H,26,27,30). The van der Waals surface area contributed by atoms with Crippen LogP contribution in [-0.2, 0) is 16.6 Å². The van der Waals surface area contributed by atoms with E-state index in [0.717, 1.165) is 5.56 Å². The average molecular weight is 529 g/mol. The first kappa shape index (κ1) is 24.3. The first-order chi connectivity index (χ1) is 16.8. The second-order valence-corrected chi connectivity index (χ2v) is 10.3. The zero-order valence-electron chi connectivity index (χ0n) is 17.8. The van der Waals surface area contributed by atoms with Gasteiger partial charge in [0.2, 0.25) is 5.13 Å². The summed E-state index contributed by atoms with van der Waals surface area (Å²) in [6.45, 7) is 0.223. The Balaban J connectivity index is 1.46. The van der Waals surface area contributed by atoms with Gasteiger partial charge in [0.25, 0.3) is 26.2 Å². The SMILES string of the molecule is O=C(Nc1nnc(S(=O)(=O)Nc2ccccc2C(=O)NCc2cccnc2)s1)c1ccc(Cl)cc1. The summed E-state index contributed by atoms with van der Waals surface area (Å²) in [6, 6.07) is 15.9. The van der Waals surface area contributed by atoms with E-state index in [1.54, 1.807) is 48.8 Å². The van der Waals surface area contributed by atoms with Crippen molar-refractivity contribution in [1.29, 1.82) is 0 Å². The Labute approximate surface area is 209 Å². The minimum Gasteiger partial charge on any atom is -0.348 e. The second kappa shape index (κ2) is 10.6. The van der Waals surface area contributed by atoms with Gasteiger partial charge in [-0.2, -0.15) is 8.42 Å². The van der Waals surface area contributed by atoms with Crippen molar-refractivity contribution < 1.29 is 18.0 Å². The largest absolute Gasteiger partial charge is 0.348 e. The van der Waals surface area contributed by atoms with E-state index in [-0.39, 0.29) is 27.3 Å². The monoisotopic (exact) mass is 528 g/mol. The Hall–Kier alpha value is -3.87. The molecular formula is C22H17ClN6O4S2. The van der Waals surface area contributed by atoms with Gasteiger partial charge in [-0.05, 0) is 48.0 Å². The molecule has 2 aromatic carbocycles. The number of aromatic nitrogens is 3. The van der Waals surface area contributed by atoms with Crippen LogP contribution in [0.1, 0.15) is 26.3 Å². The number of sulfonamides is 1. The van der Waals surface area contributed by atoms with Gasteiger partial charge in [-0.15, -0.1) is 10.2 Å². The quantitative estimate of drug-likeness (QED) is 0.297. The number of nitrogens with zero attached hydrogens (tertiary/aromatic N) is 3. The number of rotatable bonds is 8. The number of para-hydroxylation sites is 1. The molecule has 0 unspecified atom stereocenters. The normalized spacial score (nSPS) is 11.0. The number of carbonyl (C=O) groups is 2. The molecule has 2 heterocycles. The van der Waals surface area contributed by atoms with Crippen molar-refractivity contribution in [3.63, 3.8) is 0 Å². The van der Waals surface area contributed by atoms with Gasteiger partial charge in [-0.25, -0.2) is 0 Å². The second-order valence-electron chi connectivity index (χ2n) is 7.03. The highest BCUT2D eigenvalue weighted by Gasteiger charge is 2.23. The van der Waals surface area contributed by atoms with Gasteiger partial charge in [0, 0.05) is 29.5 Å². The van der Waals surface area contributed by atoms with Crippen molar-refractivity contribution >= 4 is 55.6 Å². The molecule has 13 heteroatoms. The topological polar surface area (TPSA) is 143 Å². The Morgan fingerprint density at radius 3 is 2.46 bits per heavy atom. The van der Waals surface area contributed by atoms with Crippen molar-refractivity contribution in [3.8, 4) is 0 Å². The summed E-state index contributed by atoms with van der Waals surface area (Å²) in [7, 11) is -4.19. The van der Waals surface area contributed by atoms with Gasteiger partial charge < -0.3 is 5.32 Å². The molecule has 0 saturated heterocycles. The van der Waals surface area contributed by atoms with Crippen LogP contribution < -0.4 is 15.4 Å². The van der Waals surface area contributed by atoms with Crippen LogP contribution in [0.5, 0.6) is 0 Å². The number of halogens is 1. The van der Waals surface area contributed by atoms with Crippen molar-refractivity contribution in [2.75, 3.05) is 10.0 Å². The highest BCUT2D eigenvalue weighted by atomic mass is 35.5. The van der Waals surface area contributed by atoms with Crippen LogP contribution in [-0.4, -0.2) is 35.4 Å². The molecule has 35 heavy (non-hydrogen) atoms. The van der Waals surface area contributed by atoms with Crippen molar-refractivity contribution in [2.24, 2.45) is 0 Å². The van der Waals surface area contributed by atoms with Gasteiger partial charge in [-0.1, -0.05) is 41.1 Å². The van der Waals surface area contributed by atoms with Crippen LogP contribution in [0, 0.1) is 0 Å². The van der Waals surface area contributed by atoms with Gasteiger partial charge in [0.15, 0.2) is 0 Å². The lowest BCUT2D eigenvalue weighted by atomic mass is 10.1. The van der Waals surface area contributed by atoms with Crippen molar-refractivity contribution in [2.45, 2.75) is 10.9 Å². The Morgan fingerprint density at radius 2 is 1.71 bits per heavy atom. The average Bonchev–Trinajstić information content (AvgIpc) is 3.33. The summed E-state index contributed by atoms with van der Waals surface area (Å²) in [5.74, 6) is -0.967. The van der Waals surface area contributed by atoms with Crippen LogP contribution in [0.25, 0.3) is 0 Å². The van der Waals surface area contributed by atoms with E-state index < -0.39 is 21.8 Å². The number of anilines is 2. The molecule has 4 rings (SSSR count). The molecule has 0 aliphatic heterocycles. The number of pyridine rings is 1. The molecular weight excluding hydrogens is 512 g/mol. The fraction of sp³-hybridized carbons (Fsp3) is 0.0455. The molecule has 10 nitrogen and oxygen atoms in total. The fourth-order valence-electron chi connectivity index (χ4n) is 2.88. The van der Waals surface area contributed by atoms with Crippen LogP contribution in [0.3, 0.4) is 0 Å². The number of carbonyl (C=O) groups excluding carboxylic acids is 2. The molecule has 2 aromatic heterocycles. The molecule has 4 aromatic rings. The number of benzene rings is 2. The minimum atomic E-state index is -4.19. The molecule has 0 fully saturated rings. The van der Waals surface area contributed by atoms with E-state index in [1.165, 1.54) is 24.3 Å². The van der Waals surface area contributed by atoms with Crippen LogP contribution in [0.2, 0.25) is 5.02 Å². The molecule has 0 bridgehead atoms. The molecule has 0 saturated carbocycles. The Bertz CT molecular complexity index is 1460. The lowest BCUT2D eigenvalue weighted by Crippen LogP contribution is -2.25. The molecule has 0 spiro atoms. The summed E-state index contributed by atoms with van der Waals surface area (Å²) in [5.41, 5.74) is 1.30. The summed E-state index contributed by atoms with van der Waals surface area (Å²) in [5, 5.41) is 13.1. The summed E-state index contributed by atoms with van der Waals surface area (Å²) >= 11 is 6.49. The van der Waals surface area contributed by atoms with E-state index in [0.29, 0.717) is 21.9 Å². The maximum atomic E-state index is 12.9. The lowest BCUT2D eigenvalue weighted by Gasteiger charge is -2.11. The van der Waals surface area contributed by atoms with Crippen LogP contribution in [0.15, 0.2) is 77.4 Å². The summed E-state index contributed by atoms with van der Waals surface area (Å²) in [6.07, 6.45) is 3.24. The maximum Gasteiger partial charge on any atom is 0.291 e. The van der Waals surface area contributed by atoms with Gasteiger partial charge in [0.05, 0.1) is 11.3 Å². The highest BCUT2D eigenvalue weighted by molar-refractivity contribution is 7.94. The van der Waals surface area contributed by atoms with Gasteiger partial charge in [-0.3, -0.25) is 24.6 Å². The summed E-state index contributed by atoms with van der Waals surface area (Å²) in [4.78, 5) is 29.0. The third kappa shape index (κ3) is 6.18. The first-order valence-electron chi connectivity index (χ1n) is 10.0. The number of amides is 2. The van der Waals surface area contributed by atoms with Crippen LogP contribution >= 0.6 is 22.9 Å². The zero-order valence-corrected chi connectivity index (χ0v) is 20.2. The number of nitrogens with one attached hydrogen (secondary N) is 3. The number of hydrogen-bond acceptors (Lipinski definition) is 8. The zero-order chi connectivity index (χ0) is 24.8. The molecule has 2 amide bonds. The van der Waals surface area contributed by atoms with E-state index in [9.17, 15) is 18.0 Å². The third-order valence-corrected chi connectivity index (χ3v) is 7.38. The molecule has 0 radical (unpaired) electrons. The van der Waals surface area contributed by atoms with E-state index in [1.807, 2.05) is 0 Å². The van der Waals surface area contributed by atoms with E-state index >= 15 is 0 Å². The van der Waals surface area contributed by atoms with E-state index in [4.69, 9.17) is 11.6 Å². The molecule has 3 N–H and O–H groups in total. The predicted molar refractivity (Wildman–Crippen MR) is 132 cm³/mol. The molecule has 0 aliphatic rings. The first-order valence-corrected chi connectivity index (χ1v) is 12.7. The Morgan fingerprint density at radius 1 is 0.943 bits per heavy atom. The maximum absolute atomic E-state index is 12.9. The smallest absolute Gasteiger partial charge is 0.291 e. The fourth-order valence-corrected chi connectivity index (χ4v) is 4.98. The number of hydrogen-bond donors (Lipinski definition) is 3. The van der Waals surface area contributed by atoms with Gasteiger partial charge in [0.1, 0.15) is 0 Å². The van der Waals surface area contributed by atoms with Crippen LogP contribution in [0.4, 0.5) is 10.8 Å².